The first-order valence-corrected chi connectivity index (χ1v) is 9.30. The average Bonchev–Trinajstić information content (AvgIpc) is 2.62. The first kappa shape index (κ1) is 19.7. The van der Waals surface area contributed by atoms with Gasteiger partial charge in [0.15, 0.2) is 0 Å². The van der Waals surface area contributed by atoms with E-state index >= 15 is 0 Å². The molecule has 0 saturated carbocycles. The molecule has 1 aliphatic rings. The Labute approximate surface area is 150 Å². The van der Waals surface area contributed by atoms with Crippen molar-refractivity contribution in [2.45, 2.75) is 32.6 Å². The molecule has 1 saturated heterocycles. The summed E-state index contributed by atoms with van der Waals surface area (Å²) in [6.45, 7) is 7.75. The lowest BCUT2D eigenvalue weighted by molar-refractivity contribution is 0.0351. The van der Waals surface area contributed by atoms with Gasteiger partial charge in [0.05, 0.1) is 13.2 Å². The quantitative estimate of drug-likeness (QED) is 0.692. The number of halogens is 1. The summed E-state index contributed by atoms with van der Waals surface area (Å²) in [5.41, 5.74) is 0.495. The number of hydrogen-bond donors (Lipinski definition) is 1. The van der Waals surface area contributed by atoms with E-state index in [0.717, 1.165) is 52.2 Å². The highest BCUT2D eigenvalue weighted by Crippen LogP contribution is 2.11. The Kier molecular flexibility index (Phi) is 8.69. The summed E-state index contributed by atoms with van der Waals surface area (Å²) in [6.07, 6.45) is 4.47. The summed E-state index contributed by atoms with van der Waals surface area (Å²) in [4.78, 5) is 16.8. The molecule has 1 aliphatic heterocycles. The van der Waals surface area contributed by atoms with E-state index in [1.54, 1.807) is 12.1 Å². The maximum absolute atomic E-state index is 13.3. The first-order chi connectivity index (χ1) is 12.2. The molecular formula is C19H30FN3O2. The van der Waals surface area contributed by atoms with Crippen LogP contribution < -0.4 is 5.32 Å². The zero-order valence-corrected chi connectivity index (χ0v) is 15.2. The number of rotatable bonds is 9. The highest BCUT2D eigenvalue weighted by Gasteiger charge is 2.16. The highest BCUT2D eigenvalue weighted by atomic mass is 19.1. The molecule has 1 heterocycles. The van der Waals surface area contributed by atoms with Crippen molar-refractivity contribution >= 4 is 11.7 Å². The Morgan fingerprint density at radius 1 is 1.24 bits per heavy atom. The molecule has 25 heavy (non-hydrogen) atoms. The minimum absolute atomic E-state index is 0.157. The number of nitrogens with zero attached hydrogens (tertiary/aromatic N) is 2. The Balaban J connectivity index is 1.87. The Hall–Kier alpha value is -1.66. The lowest BCUT2D eigenvalue weighted by atomic mass is 10.2. The number of morpholine rings is 1. The van der Waals surface area contributed by atoms with E-state index in [4.69, 9.17) is 4.74 Å². The van der Waals surface area contributed by atoms with E-state index in [0.29, 0.717) is 12.2 Å². The number of carbonyl (C=O) groups is 1. The standard InChI is InChI=1S/C19H30FN3O2/c1-2-3-4-5-9-23(11-10-22-12-14-25-15-13-22)19(24)21-18-8-6-7-17(20)16-18/h6-8,16H,2-5,9-15H2,1H3,(H,21,24). The topological polar surface area (TPSA) is 44.8 Å². The maximum atomic E-state index is 13.3. The van der Waals surface area contributed by atoms with Gasteiger partial charge in [-0.15, -0.1) is 0 Å². The number of benzene rings is 1. The smallest absolute Gasteiger partial charge is 0.321 e. The van der Waals surface area contributed by atoms with Crippen LogP contribution in [0.2, 0.25) is 0 Å². The molecular weight excluding hydrogens is 321 g/mol. The number of anilines is 1. The van der Waals surface area contributed by atoms with Gasteiger partial charge in [0.25, 0.3) is 0 Å². The minimum Gasteiger partial charge on any atom is -0.379 e. The van der Waals surface area contributed by atoms with Gasteiger partial charge in [-0.3, -0.25) is 4.90 Å². The molecule has 0 unspecified atom stereocenters. The van der Waals surface area contributed by atoms with E-state index in [2.05, 4.69) is 17.1 Å². The molecule has 2 rings (SSSR count). The van der Waals surface area contributed by atoms with Gasteiger partial charge in [0.2, 0.25) is 0 Å². The molecule has 2 amide bonds. The second-order valence-corrected chi connectivity index (χ2v) is 6.44. The monoisotopic (exact) mass is 351 g/mol. The van der Waals surface area contributed by atoms with Crippen molar-refractivity contribution in [2.24, 2.45) is 0 Å². The summed E-state index contributed by atoms with van der Waals surface area (Å²) in [5, 5.41) is 2.82. The highest BCUT2D eigenvalue weighted by molar-refractivity contribution is 5.89. The van der Waals surface area contributed by atoms with Crippen LogP contribution in [-0.2, 0) is 4.74 Å². The molecule has 1 aromatic rings. The van der Waals surface area contributed by atoms with Crippen molar-refractivity contribution in [1.82, 2.24) is 9.80 Å². The van der Waals surface area contributed by atoms with Gasteiger partial charge in [-0.2, -0.15) is 0 Å². The number of amides is 2. The van der Waals surface area contributed by atoms with Crippen LogP contribution >= 0.6 is 0 Å². The van der Waals surface area contributed by atoms with Crippen molar-refractivity contribution < 1.29 is 13.9 Å². The van der Waals surface area contributed by atoms with E-state index < -0.39 is 0 Å². The van der Waals surface area contributed by atoms with Crippen LogP contribution in [-0.4, -0.2) is 61.8 Å². The van der Waals surface area contributed by atoms with Crippen LogP contribution in [0.1, 0.15) is 32.6 Å². The molecule has 140 valence electrons. The molecule has 1 fully saturated rings. The van der Waals surface area contributed by atoms with Gasteiger partial charge in [-0.1, -0.05) is 32.3 Å². The summed E-state index contributed by atoms with van der Waals surface area (Å²) in [5.74, 6) is -0.347. The fourth-order valence-electron chi connectivity index (χ4n) is 2.90. The third kappa shape index (κ3) is 7.40. The SMILES string of the molecule is CCCCCCN(CCN1CCOCC1)C(=O)Nc1cccc(F)c1. The van der Waals surface area contributed by atoms with Crippen molar-refractivity contribution in [1.29, 1.82) is 0 Å². The van der Waals surface area contributed by atoms with Gasteiger partial charge < -0.3 is 15.0 Å². The fraction of sp³-hybridized carbons (Fsp3) is 0.632. The van der Waals surface area contributed by atoms with E-state index in [9.17, 15) is 9.18 Å². The fourth-order valence-corrected chi connectivity index (χ4v) is 2.90. The van der Waals surface area contributed by atoms with Crippen LogP contribution in [0.5, 0.6) is 0 Å². The average molecular weight is 351 g/mol. The third-order valence-corrected chi connectivity index (χ3v) is 4.43. The van der Waals surface area contributed by atoms with Crippen LogP contribution in [0.15, 0.2) is 24.3 Å². The lowest BCUT2D eigenvalue weighted by Crippen LogP contribution is -2.44. The molecule has 1 aromatic carbocycles. The van der Waals surface area contributed by atoms with E-state index in [1.165, 1.54) is 25.0 Å². The van der Waals surface area contributed by atoms with Crippen molar-refractivity contribution in [3.63, 3.8) is 0 Å². The molecule has 0 bridgehead atoms. The van der Waals surface area contributed by atoms with Crippen LogP contribution in [0.25, 0.3) is 0 Å². The van der Waals surface area contributed by atoms with Gasteiger partial charge in [-0.05, 0) is 24.6 Å². The summed E-state index contributed by atoms with van der Waals surface area (Å²) in [6, 6.07) is 5.86. The molecule has 5 nitrogen and oxygen atoms in total. The van der Waals surface area contributed by atoms with Crippen molar-refractivity contribution in [2.75, 3.05) is 51.3 Å². The predicted molar refractivity (Wildman–Crippen MR) is 98.4 cm³/mol. The molecule has 0 aromatic heterocycles. The largest absolute Gasteiger partial charge is 0.379 e. The predicted octanol–water partition coefficient (Wildman–Crippen LogP) is 3.57. The Morgan fingerprint density at radius 2 is 2.04 bits per heavy atom. The maximum Gasteiger partial charge on any atom is 0.321 e. The molecule has 0 radical (unpaired) electrons. The molecule has 0 atom stereocenters. The number of carbonyl (C=O) groups excluding carboxylic acids is 1. The van der Waals surface area contributed by atoms with Gasteiger partial charge in [0, 0.05) is 38.4 Å². The number of urea groups is 1. The van der Waals surface area contributed by atoms with Crippen molar-refractivity contribution in [3.8, 4) is 0 Å². The zero-order chi connectivity index (χ0) is 17.9. The number of nitrogens with one attached hydrogen (secondary N) is 1. The van der Waals surface area contributed by atoms with E-state index in [-0.39, 0.29) is 11.8 Å². The minimum atomic E-state index is -0.347. The number of ether oxygens (including phenoxy) is 1. The van der Waals surface area contributed by atoms with Gasteiger partial charge in [0.1, 0.15) is 5.82 Å². The molecule has 0 aliphatic carbocycles. The number of unbranched alkanes of at least 4 members (excludes halogenated alkanes) is 3. The van der Waals surface area contributed by atoms with Gasteiger partial charge in [-0.25, -0.2) is 9.18 Å². The summed E-state index contributed by atoms with van der Waals surface area (Å²) >= 11 is 0. The van der Waals surface area contributed by atoms with Crippen LogP contribution in [0, 0.1) is 5.82 Å². The second-order valence-electron chi connectivity index (χ2n) is 6.44. The third-order valence-electron chi connectivity index (χ3n) is 4.43. The van der Waals surface area contributed by atoms with Crippen molar-refractivity contribution in [3.05, 3.63) is 30.1 Å². The zero-order valence-electron chi connectivity index (χ0n) is 15.2. The van der Waals surface area contributed by atoms with Crippen LogP contribution in [0.4, 0.5) is 14.9 Å². The number of hydrogen-bond acceptors (Lipinski definition) is 3. The Morgan fingerprint density at radius 3 is 2.76 bits per heavy atom. The molecule has 1 N–H and O–H groups in total. The second kappa shape index (κ2) is 11.1. The summed E-state index contributed by atoms with van der Waals surface area (Å²) in [7, 11) is 0. The summed E-state index contributed by atoms with van der Waals surface area (Å²) < 4.78 is 18.7. The molecule has 0 spiro atoms. The van der Waals surface area contributed by atoms with E-state index in [1.807, 2.05) is 4.90 Å². The Bertz CT molecular complexity index is 521. The first-order valence-electron chi connectivity index (χ1n) is 9.30. The van der Waals surface area contributed by atoms with Gasteiger partial charge >= 0.3 is 6.03 Å². The lowest BCUT2D eigenvalue weighted by Gasteiger charge is -2.30. The molecule has 6 heteroatoms. The van der Waals surface area contributed by atoms with Crippen LogP contribution in [0.3, 0.4) is 0 Å². The normalized spacial score (nSPS) is 15.1.